The fourth-order valence-electron chi connectivity index (χ4n) is 7.81. The highest BCUT2D eigenvalue weighted by molar-refractivity contribution is 5.71. The Labute approximate surface area is 367 Å². The molecule has 0 fully saturated rings. The molecule has 0 aliphatic heterocycles. The Morgan fingerprint density at radius 3 is 0.949 bits per heavy atom. The van der Waals surface area contributed by atoms with Crippen LogP contribution in [0.4, 0.5) is 0 Å². The molecule has 0 aliphatic rings. The van der Waals surface area contributed by atoms with Crippen LogP contribution in [0.5, 0.6) is 0 Å². The lowest BCUT2D eigenvalue weighted by atomic mass is 10.0. The summed E-state index contributed by atoms with van der Waals surface area (Å²) in [6, 6.07) is 0. The molecule has 0 bridgehead atoms. The highest BCUT2D eigenvalue weighted by Crippen LogP contribution is 2.16. The third-order valence-corrected chi connectivity index (χ3v) is 11.8. The molecule has 0 N–H and O–H groups in total. The fourth-order valence-corrected chi connectivity index (χ4v) is 7.81. The van der Waals surface area contributed by atoms with E-state index in [1.807, 2.05) is 0 Å². The largest absolute Gasteiger partial charge is 0.462 e. The van der Waals surface area contributed by atoms with E-state index in [9.17, 15) is 14.4 Å². The minimum absolute atomic E-state index is 0.0756. The highest BCUT2D eigenvalue weighted by Gasteiger charge is 2.19. The van der Waals surface area contributed by atoms with Crippen LogP contribution in [-0.2, 0) is 28.6 Å². The second-order valence-electron chi connectivity index (χ2n) is 17.8. The van der Waals surface area contributed by atoms with E-state index >= 15 is 0 Å². The zero-order chi connectivity index (χ0) is 43.0. The first-order valence-electron chi connectivity index (χ1n) is 26.2. The summed E-state index contributed by atoms with van der Waals surface area (Å²) in [5.74, 6) is -0.910. The third kappa shape index (κ3) is 47.1. The van der Waals surface area contributed by atoms with E-state index in [1.165, 1.54) is 199 Å². The molecule has 0 spiro atoms. The zero-order valence-electron chi connectivity index (χ0n) is 39.8. The summed E-state index contributed by atoms with van der Waals surface area (Å²) in [7, 11) is 0. The third-order valence-electron chi connectivity index (χ3n) is 11.8. The maximum absolute atomic E-state index is 12.8. The van der Waals surface area contributed by atoms with Crippen molar-refractivity contribution < 1.29 is 28.6 Å². The molecular weight excluding hydrogens is 733 g/mol. The van der Waals surface area contributed by atoms with Gasteiger partial charge in [-0.05, 0) is 32.1 Å². The summed E-state index contributed by atoms with van der Waals surface area (Å²) >= 11 is 0. The number of unbranched alkanes of at least 4 members (excludes halogenated alkanes) is 35. The van der Waals surface area contributed by atoms with Gasteiger partial charge in [-0.2, -0.15) is 0 Å². The number of hydrogen-bond acceptors (Lipinski definition) is 6. The quantitative estimate of drug-likeness (QED) is 0.0263. The van der Waals surface area contributed by atoms with Crippen LogP contribution in [0.3, 0.4) is 0 Å². The average Bonchev–Trinajstić information content (AvgIpc) is 3.23. The van der Waals surface area contributed by atoms with Gasteiger partial charge in [0.2, 0.25) is 0 Å². The Hall–Kier alpha value is -1.85. The van der Waals surface area contributed by atoms with Gasteiger partial charge in [-0.3, -0.25) is 14.4 Å². The van der Waals surface area contributed by atoms with E-state index in [4.69, 9.17) is 14.2 Å². The molecule has 6 nitrogen and oxygen atoms in total. The van der Waals surface area contributed by atoms with Crippen LogP contribution in [0.15, 0.2) is 12.2 Å². The van der Waals surface area contributed by atoms with Gasteiger partial charge in [0.15, 0.2) is 6.10 Å². The van der Waals surface area contributed by atoms with Crippen molar-refractivity contribution in [1.82, 2.24) is 0 Å². The number of esters is 3. The van der Waals surface area contributed by atoms with Gasteiger partial charge in [0.05, 0.1) is 0 Å². The summed E-state index contributed by atoms with van der Waals surface area (Å²) in [6.07, 6.45) is 53.4. The molecule has 0 radical (unpaired) electrons. The smallest absolute Gasteiger partial charge is 0.306 e. The monoisotopic (exact) mass is 833 g/mol. The lowest BCUT2D eigenvalue weighted by Crippen LogP contribution is -2.30. The molecular formula is C53H100O6. The van der Waals surface area contributed by atoms with Crippen molar-refractivity contribution in [3.05, 3.63) is 12.2 Å². The van der Waals surface area contributed by atoms with Crippen LogP contribution in [-0.4, -0.2) is 37.2 Å². The van der Waals surface area contributed by atoms with Crippen LogP contribution in [0.2, 0.25) is 0 Å². The van der Waals surface area contributed by atoms with Crippen molar-refractivity contribution in [3.63, 3.8) is 0 Å². The van der Waals surface area contributed by atoms with Crippen molar-refractivity contribution in [2.24, 2.45) is 0 Å². The van der Waals surface area contributed by atoms with Crippen LogP contribution < -0.4 is 0 Å². The van der Waals surface area contributed by atoms with Crippen molar-refractivity contribution in [2.75, 3.05) is 13.2 Å². The first kappa shape index (κ1) is 57.1. The lowest BCUT2D eigenvalue weighted by Gasteiger charge is -2.18. The van der Waals surface area contributed by atoms with Gasteiger partial charge in [0, 0.05) is 19.3 Å². The Morgan fingerprint density at radius 1 is 0.322 bits per heavy atom. The van der Waals surface area contributed by atoms with Crippen LogP contribution in [0, 0.1) is 0 Å². The maximum atomic E-state index is 12.8. The van der Waals surface area contributed by atoms with Crippen LogP contribution in [0.1, 0.15) is 290 Å². The van der Waals surface area contributed by atoms with Crippen molar-refractivity contribution in [1.29, 1.82) is 0 Å². The number of allylic oxidation sites excluding steroid dienone is 2. The average molecular weight is 833 g/mol. The summed E-state index contributed by atoms with van der Waals surface area (Å²) in [5, 5.41) is 0. The minimum Gasteiger partial charge on any atom is -0.462 e. The molecule has 6 heteroatoms. The van der Waals surface area contributed by atoms with Gasteiger partial charge < -0.3 is 14.2 Å². The number of carbonyl (C=O) groups is 3. The SMILES string of the molecule is CCCCCCCCCCCCC/C=C\CCC(=O)OCC(COC(=O)CCCCCCCCCCCCCCC)OC(=O)CCCCCCCCCCCCCCC. The lowest BCUT2D eigenvalue weighted by molar-refractivity contribution is -0.166. The van der Waals surface area contributed by atoms with E-state index < -0.39 is 6.10 Å². The number of ether oxygens (including phenoxy) is 3. The molecule has 0 amide bonds. The van der Waals surface area contributed by atoms with E-state index in [1.54, 1.807) is 0 Å². The summed E-state index contributed by atoms with van der Waals surface area (Å²) in [6.45, 7) is 6.64. The zero-order valence-corrected chi connectivity index (χ0v) is 39.8. The Balaban J connectivity index is 4.35. The van der Waals surface area contributed by atoms with Crippen LogP contribution in [0.25, 0.3) is 0 Å². The molecule has 0 heterocycles. The van der Waals surface area contributed by atoms with Crippen molar-refractivity contribution in [2.45, 2.75) is 297 Å². The van der Waals surface area contributed by atoms with Gasteiger partial charge in [0.1, 0.15) is 13.2 Å². The number of carbonyl (C=O) groups excluding carboxylic acids is 3. The summed E-state index contributed by atoms with van der Waals surface area (Å²) in [4.78, 5) is 37.9. The molecule has 0 saturated heterocycles. The second kappa shape index (κ2) is 48.8. The fraction of sp³-hybridized carbons (Fsp3) is 0.906. The van der Waals surface area contributed by atoms with Crippen molar-refractivity contribution >= 4 is 17.9 Å². The standard InChI is InChI=1S/C53H100O6/c1-4-7-10-13-16-19-22-25-26-29-31-34-37-40-43-46-52(55)58-49-50(59-53(56)47-44-41-38-35-32-28-24-21-18-15-12-9-6-3)48-57-51(54)45-42-39-36-33-30-27-23-20-17-14-11-8-5-2/h37,40,50H,4-36,38-39,41-49H2,1-3H3/b40-37-. The first-order valence-corrected chi connectivity index (χ1v) is 26.2. The van der Waals surface area contributed by atoms with Crippen LogP contribution >= 0.6 is 0 Å². The Morgan fingerprint density at radius 2 is 0.593 bits per heavy atom. The van der Waals surface area contributed by atoms with Gasteiger partial charge in [-0.15, -0.1) is 0 Å². The molecule has 0 aliphatic carbocycles. The van der Waals surface area contributed by atoms with E-state index in [2.05, 4.69) is 32.9 Å². The normalized spacial score (nSPS) is 12.0. The second-order valence-corrected chi connectivity index (χ2v) is 17.8. The number of hydrogen-bond donors (Lipinski definition) is 0. The Kier molecular flexibility index (Phi) is 47.3. The minimum atomic E-state index is -0.777. The molecule has 0 aromatic heterocycles. The topological polar surface area (TPSA) is 78.9 Å². The van der Waals surface area contributed by atoms with Gasteiger partial charge in [-0.25, -0.2) is 0 Å². The van der Waals surface area contributed by atoms with Gasteiger partial charge in [0.25, 0.3) is 0 Å². The van der Waals surface area contributed by atoms with E-state index in [0.29, 0.717) is 19.3 Å². The molecule has 0 aromatic rings. The number of rotatable bonds is 48. The van der Waals surface area contributed by atoms with E-state index in [-0.39, 0.29) is 37.5 Å². The molecule has 1 unspecified atom stereocenters. The molecule has 0 saturated carbocycles. The first-order chi connectivity index (χ1) is 29.0. The molecule has 1 atom stereocenters. The molecule has 348 valence electrons. The maximum Gasteiger partial charge on any atom is 0.306 e. The predicted molar refractivity (Wildman–Crippen MR) is 252 cm³/mol. The van der Waals surface area contributed by atoms with Gasteiger partial charge in [-0.1, -0.05) is 251 Å². The van der Waals surface area contributed by atoms with Crippen molar-refractivity contribution in [3.8, 4) is 0 Å². The van der Waals surface area contributed by atoms with E-state index in [0.717, 1.165) is 44.9 Å². The summed E-state index contributed by atoms with van der Waals surface area (Å²) in [5.41, 5.74) is 0. The molecule has 0 rings (SSSR count). The van der Waals surface area contributed by atoms with Gasteiger partial charge >= 0.3 is 17.9 Å². The predicted octanol–water partition coefficient (Wildman–Crippen LogP) is 17.0. The Bertz CT molecular complexity index is 916. The molecule has 59 heavy (non-hydrogen) atoms. The highest BCUT2D eigenvalue weighted by atomic mass is 16.6. The summed E-state index contributed by atoms with van der Waals surface area (Å²) < 4.78 is 16.8. The molecule has 0 aromatic carbocycles.